The molecule has 6 heteroatoms. The molecule has 0 fully saturated rings. The Morgan fingerprint density at radius 1 is 1.22 bits per heavy atom. The fourth-order valence-electron chi connectivity index (χ4n) is 2.19. The van der Waals surface area contributed by atoms with E-state index >= 15 is 0 Å². The van der Waals surface area contributed by atoms with Gasteiger partial charge in [-0.1, -0.05) is 12.1 Å². The van der Waals surface area contributed by atoms with Crippen LogP contribution < -0.4 is 10.2 Å². The summed E-state index contributed by atoms with van der Waals surface area (Å²) in [5.41, 5.74) is 6.29. The lowest BCUT2D eigenvalue weighted by Gasteiger charge is -2.05. The van der Waals surface area contributed by atoms with E-state index in [1.165, 1.54) is 0 Å². The molecule has 0 bridgehead atoms. The maximum atomic E-state index is 12.2. The summed E-state index contributed by atoms with van der Waals surface area (Å²) < 4.78 is 5.18. The van der Waals surface area contributed by atoms with E-state index in [9.17, 15) is 4.79 Å². The lowest BCUT2D eigenvalue weighted by molar-refractivity contribution is 0.0955. The number of nitrogens with one attached hydrogen (secondary N) is 2. The highest BCUT2D eigenvalue weighted by Crippen LogP contribution is 2.14. The third-order valence-corrected chi connectivity index (χ3v) is 3.50. The van der Waals surface area contributed by atoms with E-state index in [0.29, 0.717) is 11.3 Å². The number of fused-ring (bicyclic) bond motifs is 1. The number of H-pyrrole nitrogens is 1. The van der Waals surface area contributed by atoms with Gasteiger partial charge in [-0.15, -0.1) is 0 Å². The summed E-state index contributed by atoms with van der Waals surface area (Å²) in [7, 11) is 1.61. The monoisotopic (exact) mass is 308 g/mol. The minimum Gasteiger partial charge on any atom is -0.497 e. The zero-order chi connectivity index (χ0) is 16.2. The van der Waals surface area contributed by atoms with Crippen molar-refractivity contribution in [3.05, 3.63) is 59.9 Å². The number of aromatic amines is 1. The van der Waals surface area contributed by atoms with E-state index in [1.807, 2.05) is 31.2 Å². The number of methoxy groups -OCH3 is 1. The van der Waals surface area contributed by atoms with Crippen molar-refractivity contribution in [2.45, 2.75) is 6.92 Å². The lowest BCUT2D eigenvalue weighted by Crippen LogP contribution is -2.19. The first-order valence-electron chi connectivity index (χ1n) is 7.09. The van der Waals surface area contributed by atoms with Crippen molar-refractivity contribution in [2.24, 2.45) is 5.10 Å². The van der Waals surface area contributed by atoms with Crippen LogP contribution in [0.15, 0.2) is 53.9 Å². The van der Waals surface area contributed by atoms with Crippen LogP contribution in [0, 0.1) is 0 Å². The van der Waals surface area contributed by atoms with Gasteiger partial charge in [0.1, 0.15) is 5.75 Å². The summed E-state index contributed by atoms with van der Waals surface area (Å²) >= 11 is 0. The number of carbonyl (C=O) groups excluding carboxylic acids is 1. The zero-order valence-electron chi connectivity index (χ0n) is 12.8. The van der Waals surface area contributed by atoms with Crippen molar-refractivity contribution in [2.75, 3.05) is 7.11 Å². The maximum Gasteiger partial charge on any atom is 0.271 e. The summed E-state index contributed by atoms with van der Waals surface area (Å²) in [6.07, 6.45) is 1.59. The van der Waals surface area contributed by atoms with Gasteiger partial charge in [-0.05, 0) is 37.3 Å². The van der Waals surface area contributed by atoms with Crippen molar-refractivity contribution in [1.29, 1.82) is 0 Å². The molecule has 0 aliphatic heterocycles. The molecule has 116 valence electrons. The summed E-state index contributed by atoms with van der Waals surface area (Å²) in [5, 5.41) is 4.15. The number of rotatable bonds is 4. The quantitative estimate of drug-likeness (QED) is 0.574. The number of ether oxygens (including phenoxy) is 1. The topological polar surface area (TPSA) is 79.4 Å². The van der Waals surface area contributed by atoms with Gasteiger partial charge in [0.05, 0.1) is 30.2 Å². The highest BCUT2D eigenvalue weighted by molar-refractivity contribution is 6.01. The molecule has 0 atom stereocenters. The molecule has 1 amide bonds. The van der Waals surface area contributed by atoms with E-state index in [4.69, 9.17) is 4.74 Å². The van der Waals surface area contributed by atoms with Gasteiger partial charge >= 0.3 is 0 Å². The average Bonchev–Trinajstić information content (AvgIpc) is 3.07. The number of carbonyl (C=O) groups is 1. The second kappa shape index (κ2) is 6.31. The van der Waals surface area contributed by atoms with Gasteiger partial charge in [0.2, 0.25) is 0 Å². The number of nitrogens with zero attached hydrogens (tertiary/aromatic N) is 2. The number of benzene rings is 2. The van der Waals surface area contributed by atoms with Crippen LogP contribution in [0.5, 0.6) is 5.75 Å². The number of aromatic nitrogens is 2. The Bertz CT molecular complexity index is 883. The molecule has 0 saturated carbocycles. The van der Waals surface area contributed by atoms with Crippen LogP contribution >= 0.6 is 0 Å². The number of imidazole rings is 1. The predicted octanol–water partition coefficient (Wildman–Crippen LogP) is 2.73. The standard InChI is InChI=1S/C17H16N4O2/c1-11(12-4-3-5-14(8-12)23-2)20-21-17(22)13-6-7-15-16(9-13)19-10-18-15/h3-10H,1-2H3,(H,18,19)(H,21,22)/b20-11-. The number of hydrogen-bond donors (Lipinski definition) is 2. The van der Waals surface area contributed by atoms with E-state index in [2.05, 4.69) is 20.5 Å². The molecule has 0 unspecified atom stereocenters. The number of hydrazone groups is 1. The molecular weight excluding hydrogens is 292 g/mol. The Kier molecular flexibility index (Phi) is 4.05. The SMILES string of the molecule is COc1cccc(/C(C)=N\NC(=O)c2ccc3nc[nH]c3c2)c1. The predicted molar refractivity (Wildman–Crippen MR) is 88.8 cm³/mol. The molecule has 0 aliphatic carbocycles. The average molecular weight is 308 g/mol. The van der Waals surface area contributed by atoms with Crippen LogP contribution in [0.4, 0.5) is 0 Å². The molecule has 1 aromatic heterocycles. The van der Waals surface area contributed by atoms with Crippen LogP contribution in [0.2, 0.25) is 0 Å². The third-order valence-electron chi connectivity index (χ3n) is 3.50. The van der Waals surface area contributed by atoms with Gasteiger partial charge in [-0.2, -0.15) is 5.10 Å². The Morgan fingerprint density at radius 3 is 2.91 bits per heavy atom. The normalized spacial score (nSPS) is 11.5. The van der Waals surface area contributed by atoms with E-state index in [0.717, 1.165) is 22.3 Å². The van der Waals surface area contributed by atoms with Crippen LogP contribution in [-0.2, 0) is 0 Å². The fourth-order valence-corrected chi connectivity index (χ4v) is 2.19. The van der Waals surface area contributed by atoms with Gasteiger partial charge in [-0.25, -0.2) is 10.4 Å². The molecule has 1 heterocycles. The molecule has 3 aromatic rings. The highest BCUT2D eigenvalue weighted by atomic mass is 16.5. The largest absolute Gasteiger partial charge is 0.497 e. The Balaban J connectivity index is 1.76. The summed E-state index contributed by atoms with van der Waals surface area (Å²) in [6, 6.07) is 12.8. The molecular formula is C17H16N4O2. The van der Waals surface area contributed by atoms with Crippen LogP contribution in [0.1, 0.15) is 22.8 Å². The maximum absolute atomic E-state index is 12.2. The number of amides is 1. The molecule has 0 saturated heterocycles. The first-order chi connectivity index (χ1) is 11.2. The van der Waals surface area contributed by atoms with Crippen LogP contribution in [0.3, 0.4) is 0 Å². The third kappa shape index (κ3) is 3.21. The van der Waals surface area contributed by atoms with Crippen LogP contribution in [-0.4, -0.2) is 28.7 Å². The van der Waals surface area contributed by atoms with Crippen molar-refractivity contribution in [3.63, 3.8) is 0 Å². The van der Waals surface area contributed by atoms with Gasteiger partial charge in [0, 0.05) is 11.1 Å². The Labute approximate surface area is 133 Å². The molecule has 0 spiro atoms. The molecule has 6 nitrogen and oxygen atoms in total. The molecule has 0 aliphatic rings. The van der Waals surface area contributed by atoms with Crippen LogP contribution in [0.25, 0.3) is 11.0 Å². The Hall–Kier alpha value is -3.15. The van der Waals surface area contributed by atoms with Gasteiger partial charge < -0.3 is 9.72 Å². The Morgan fingerprint density at radius 2 is 2.09 bits per heavy atom. The fraction of sp³-hybridized carbons (Fsp3) is 0.118. The van der Waals surface area contributed by atoms with Crippen molar-refractivity contribution >= 4 is 22.7 Å². The minimum atomic E-state index is -0.274. The summed E-state index contributed by atoms with van der Waals surface area (Å²) in [4.78, 5) is 19.3. The minimum absolute atomic E-state index is 0.274. The lowest BCUT2D eigenvalue weighted by atomic mass is 10.1. The molecule has 0 radical (unpaired) electrons. The first kappa shape index (κ1) is 14.8. The first-order valence-corrected chi connectivity index (χ1v) is 7.09. The second-order valence-corrected chi connectivity index (χ2v) is 5.00. The summed E-state index contributed by atoms with van der Waals surface area (Å²) in [6.45, 7) is 1.83. The summed E-state index contributed by atoms with van der Waals surface area (Å²) in [5.74, 6) is 0.469. The molecule has 23 heavy (non-hydrogen) atoms. The van der Waals surface area contributed by atoms with E-state index in [1.54, 1.807) is 31.6 Å². The van der Waals surface area contributed by atoms with Crippen molar-refractivity contribution in [3.8, 4) is 5.75 Å². The smallest absolute Gasteiger partial charge is 0.271 e. The molecule has 2 N–H and O–H groups in total. The van der Waals surface area contributed by atoms with Crippen molar-refractivity contribution < 1.29 is 9.53 Å². The van der Waals surface area contributed by atoms with Crippen molar-refractivity contribution in [1.82, 2.24) is 15.4 Å². The van der Waals surface area contributed by atoms with Gasteiger partial charge in [-0.3, -0.25) is 4.79 Å². The van der Waals surface area contributed by atoms with E-state index in [-0.39, 0.29) is 5.91 Å². The second-order valence-electron chi connectivity index (χ2n) is 5.00. The zero-order valence-corrected chi connectivity index (χ0v) is 12.8. The molecule has 2 aromatic carbocycles. The highest BCUT2D eigenvalue weighted by Gasteiger charge is 2.07. The van der Waals surface area contributed by atoms with E-state index < -0.39 is 0 Å². The van der Waals surface area contributed by atoms with Gasteiger partial charge in [0.15, 0.2) is 0 Å². The number of hydrogen-bond acceptors (Lipinski definition) is 4. The van der Waals surface area contributed by atoms with Gasteiger partial charge in [0.25, 0.3) is 5.91 Å². The molecule has 3 rings (SSSR count).